The molecule has 0 radical (unpaired) electrons. The molecule has 3 nitrogen and oxygen atoms in total. The van der Waals surface area contributed by atoms with Crippen molar-refractivity contribution in [3.63, 3.8) is 0 Å². The Bertz CT molecular complexity index is 239. The van der Waals surface area contributed by atoms with Gasteiger partial charge in [-0.1, -0.05) is 12.6 Å². The highest BCUT2D eigenvalue weighted by molar-refractivity contribution is 7.80. The lowest BCUT2D eigenvalue weighted by atomic mass is 10.5. The maximum Gasteiger partial charge on any atom is 0.380 e. The predicted octanol–water partition coefficient (Wildman–Crippen LogP) is 0.617. The molecule has 1 rings (SSSR count). The number of hydrogen-bond donors (Lipinski definition) is 1. The molecule has 0 aliphatic carbocycles. The standard InChI is InChI=1S/C6H7NO2S/c1-9-5-3-2-4-6(10)7(5)8/h2-4,10H,1H3. The quantitative estimate of drug-likeness (QED) is 0.368. The summed E-state index contributed by atoms with van der Waals surface area (Å²) in [4.78, 5) is 0. The molecule has 0 fully saturated rings. The van der Waals surface area contributed by atoms with Crippen molar-refractivity contribution in [2.45, 2.75) is 5.03 Å². The molecule has 1 heterocycles. The molecule has 1 aromatic rings. The van der Waals surface area contributed by atoms with E-state index in [1.807, 2.05) is 0 Å². The predicted molar refractivity (Wildman–Crippen MR) is 39.2 cm³/mol. The lowest BCUT2D eigenvalue weighted by Gasteiger charge is -2.02. The summed E-state index contributed by atoms with van der Waals surface area (Å²) >= 11 is 3.89. The first-order chi connectivity index (χ1) is 4.75. The van der Waals surface area contributed by atoms with E-state index in [4.69, 9.17) is 4.74 Å². The van der Waals surface area contributed by atoms with E-state index in [-0.39, 0.29) is 5.88 Å². The molecule has 10 heavy (non-hydrogen) atoms. The highest BCUT2D eigenvalue weighted by Gasteiger charge is 2.05. The molecular weight excluding hydrogens is 150 g/mol. The molecule has 0 N–H and O–H groups in total. The minimum atomic E-state index is 0.257. The molecule has 0 amide bonds. The van der Waals surface area contributed by atoms with Crippen molar-refractivity contribution < 1.29 is 9.47 Å². The van der Waals surface area contributed by atoms with Gasteiger partial charge < -0.3 is 9.94 Å². The molecule has 0 bridgehead atoms. The highest BCUT2D eigenvalue weighted by atomic mass is 32.1. The summed E-state index contributed by atoms with van der Waals surface area (Å²) in [6, 6.07) is 4.88. The van der Waals surface area contributed by atoms with Crippen LogP contribution in [0.25, 0.3) is 0 Å². The Kier molecular flexibility index (Phi) is 2.01. The first-order valence-electron chi connectivity index (χ1n) is 2.71. The summed E-state index contributed by atoms with van der Waals surface area (Å²) in [6.45, 7) is 0. The number of thiol groups is 1. The fourth-order valence-corrected chi connectivity index (χ4v) is 0.800. The van der Waals surface area contributed by atoms with Gasteiger partial charge in [-0.05, 0) is 6.07 Å². The van der Waals surface area contributed by atoms with Crippen molar-refractivity contribution in [3.05, 3.63) is 23.4 Å². The maximum atomic E-state index is 10.9. The number of ether oxygens (including phenoxy) is 1. The third kappa shape index (κ3) is 1.16. The summed E-state index contributed by atoms with van der Waals surface area (Å²) in [5.41, 5.74) is 0. The van der Waals surface area contributed by atoms with E-state index in [0.29, 0.717) is 9.76 Å². The lowest BCUT2D eigenvalue weighted by Crippen LogP contribution is -2.29. The van der Waals surface area contributed by atoms with Gasteiger partial charge in [0.15, 0.2) is 0 Å². The molecule has 0 unspecified atom stereocenters. The zero-order chi connectivity index (χ0) is 7.56. The third-order valence-corrected chi connectivity index (χ3v) is 1.43. The van der Waals surface area contributed by atoms with Crippen molar-refractivity contribution in [3.8, 4) is 5.88 Å². The smallest absolute Gasteiger partial charge is 0.380 e. The van der Waals surface area contributed by atoms with E-state index in [2.05, 4.69) is 12.6 Å². The van der Waals surface area contributed by atoms with E-state index in [1.165, 1.54) is 7.11 Å². The Morgan fingerprint density at radius 2 is 2.30 bits per heavy atom. The molecule has 0 atom stereocenters. The first kappa shape index (κ1) is 7.21. The Morgan fingerprint density at radius 3 is 2.80 bits per heavy atom. The van der Waals surface area contributed by atoms with Gasteiger partial charge in [-0.25, -0.2) is 0 Å². The molecule has 54 valence electrons. The largest absolute Gasteiger partial charge is 0.615 e. The molecule has 0 saturated carbocycles. The summed E-state index contributed by atoms with van der Waals surface area (Å²) in [5, 5.41) is 11.2. The molecule has 0 spiro atoms. The SMILES string of the molecule is COc1cccc(S)[n+]1[O-]. The number of methoxy groups -OCH3 is 1. The van der Waals surface area contributed by atoms with Crippen LogP contribution in [0.1, 0.15) is 0 Å². The molecule has 4 heteroatoms. The van der Waals surface area contributed by atoms with Crippen LogP contribution in [0, 0.1) is 5.21 Å². The van der Waals surface area contributed by atoms with Crippen molar-refractivity contribution in [2.75, 3.05) is 7.11 Å². The van der Waals surface area contributed by atoms with Crippen molar-refractivity contribution in [2.24, 2.45) is 0 Å². The van der Waals surface area contributed by atoms with Crippen LogP contribution in [0.15, 0.2) is 23.2 Å². The molecule has 0 aromatic carbocycles. The van der Waals surface area contributed by atoms with Gasteiger partial charge in [0.25, 0.3) is 5.03 Å². The average Bonchev–Trinajstić information content (AvgIpc) is 1.95. The van der Waals surface area contributed by atoms with Crippen molar-refractivity contribution in [1.29, 1.82) is 0 Å². The van der Waals surface area contributed by atoms with Crippen LogP contribution in [0.3, 0.4) is 0 Å². The van der Waals surface area contributed by atoms with E-state index >= 15 is 0 Å². The van der Waals surface area contributed by atoms with Crippen LogP contribution in [-0.2, 0) is 0 Å². The second-order valence-electron chi connectivity index (χ2n) is 1.72. The molecule has 0 aliphatic heterocycles. The Balaban J connectivity index is 3.14. The highest BCUT2D eigenvalue weighted by Crippen LogP contribution is 2.05. The van der Waals surface area contributed by atoms with Gasteiger partial charge in [0.2, 0.25) is 0 Å². The molecular formula is C6H7NO2S. The number of rotatable bonds is 1. The van der Waals surface area contributed by atoms with Crippen LogP contribution in [-0.4, -0.2) is 7.11 Å². The fourth-order valence-electron chi connectivity index (χ4n) is 0.616. The van der Waals surface area contributed by atoms with E-state index in [1.54, 1.807) is 18.2 Å². The molecule has 1 aromatic heterocycles. The van der Waals surface area contributed by atoms with Gasteiger partial charge in [-0.15, -0.1) is 4.73 Å². The first-order valence-corrected chi connectivity index (χ1v) is 3.16. The topological polar surface area (TPSA) is 36.2 Å². The average molecular weight is 157 g/mol. The summed E-state index contributed by atoms with van der Waals surface area (Å²) in [5.74, 6) is 0.257. The zero-order valence-electron chi connectivity index (χ0n) is 5.44. The van der Waals surface area contributed by atoms with Crippen LogP contribution < -0.4 is 9.47 Å². The Labute approximate surface area is 64.2 Å². The van der Waals surface area contributed by atoms with Gasteiger partial charge in [0.05, 0.1) is 13.2 Å². The Morgan fingerprint density at radius 1 is 1.60 bits per heavy atom. The number of pyridine rings is 1. The number of aromatic nitrogens is 1. The van der Waals surface area contributed by atoms with Crippen molar-refractivity contribution in [1.82, 2.24) is 0 Å². The van der Waals surface area contributed by atoms with Gasteiger partial charge in [0, 0.05) is 6.07 Å². The fraction of sp³-hybridized carbons (Fsp3) is 0.167. The lowest BCUT2D eigenvalue weighted by molar-refractivity contribution is -0.651. The monoisotopic (exact) mass is 157 g/mol. The molecule has 0 aliphatic rings. The van der Waals surface area contributed by atoms with Gasteiger partial charge in [-0.2, -0.15) is 0 Å². The summed E-state index contributed by atoms with van der Waals surface area (Å²) in [7, 11) is 1.44. The Hall–Kier alpha value is -0.900. The minimum Gasteiger partial charge on any atom is -0.615 e. The van der Waals surface area contributed by atoms with Crippen LogP contribution in [0.4, 0.5) is 0 Å². The summed E-state index contributed by atoms with van der Waals surface area (Å²) < 4.78 is 5.34. The van der Waals surface area contributed by atoms with Crippen LogP contribution in [0.5, 0.6) is 5.88 Å². The minimum absolute atomic E-state index is 0.257. The van der Waals surface area contributed by atoms with E-state index in [0.717, 1.165) is 0 Å². The number of nitrogens with zero attached hydrogens (tertiary/aromatic N) is 1. The van der Waals surface area contributed by atoms with Gasteiger partial charge in [0.1, 0.15) is 0 Å². The van der Waals surface area contributed by atoms with Crippen molar-refractivity contribution >= 4 is 12.6 Å². The van der Waals surface area contributed by atoms with E-state index < -0.39 is 0 Å². The zero-order valence-corrected chi connectivity index (χ0v) is 6.34. The second kappa shape index (κ2) is 2.79. The van der Waals surface area contributed by atoms with Crippen LogP contribution >= 0.6 is 12.6 Å². The van der Waals surface area contributed by atoms with Crippen LogP contribution in [0.2, 0.25) is 0 Å². The maximum absolute atomic E-state index is 10.9. The second-order valence-corrected chi connectivity index (χ2v) is 2.18. The summed E-state index contributed by atoms with van der Waals surface area (Å²) in [6.07, 6.45) is 0. The van der Waals surface area contributed by atoms with Gasteiger partial charge in [-0.3, -0.25) is 0 Å². The normalized spacial score (nSPS) is 9.40. The molecule has 0 saturated heterocycles. The number of hydrogen-bond acceptors (Lipinski definition) is 3. The van der Waals surface area contributed by atoms with E-state index in [9.17, 15) is 5.21 Å². The van der Waals surface area contributed by atoms with Gasteiger partial charge >= 0.3 is 5.88 Å². The third-order valence-electron chi connectivity index (χ3n) is 1.10.